The SMILES string of the molecule is COc1ccc(F)cc1NCc1nc(C)cs1. The smallest absolute Gasteiger partial charge is 0.142 e. The van der Waals surface area contributed by atoms with Gasteiger partial charge in [0.2, 0.25) is 0 Å². The Morgan fingerprint density at radius 3 is 2.94 bits per heavy atom. The third-order valence-corrected chi connectivity index (χ3v) is 3.22. The van der Waals surface area contributed by atoms with Crippen LogP contribution >= 0.6 is 11.3 Å². The predicted octanol–water partition coefficient (Wildman–Crippen LogP) is 3.21. The fraction of sp³-hybridized carbons (Fsp3) is 0.250. The highest BCUT2D eigenvalue weighted by Gasteiger charge is 2.05. The number of aromatic nitrogens is 1. The third-order valence-electron chi connectivity index (χ3n) is 2.26. The number of benzene rings is 1. The summed E-state index contributed by atoms with van der Waals surface area (Å²) >= 11 is 1.58. The standard InChI is InChI=1S/C12H13FN2OS/c1-8-7-17-12(15-8)6-14-10-5-9(13)3-4-11(10)16-2/h3-5,7,14H,6H2,1-2H3. The number of anilines is 1. The molecule has 0 radical (unpaired) electrons. The number of hydrogen-bond acceptors (Lipinski definition) is 4. The third kappa shape index (κ3) is 2.94. The van der Waals surface area contributed by atoms with Crippen LogP contribution in [0.1, 0.15) is 10.7 Å². The van der Waals surface area contributed by atoms with Gasteiger partial charge in [0.25, 0.3) is 0 Å². The second kappa shape index (κ2) is 5.14. The molecule has 90 valence electrons. The molecule has 0 aliphatic rings. The number of methoxy groups -OCH3 is 1. The van der Waals surface area contributed by atoms with Gasteiger partial charge in [-0.3, -0.25) is 0 Å². The van der Waals surface area contributed by atoms with Crippen LogP contribution < -0.4 is 10.1 Å². The van der Waals surface area contributed by atoms with Crippen LogP contribution in [0.25, 0.3) is 0 Å². The maximum atomic E-state index is 13.1. The van der Waals surface area contributed by atoms with E-state index in [4.69, 9.17) is 4.74 Å². The van der Waals surface area contributed by atoms with Gasteiger partial charge in [-0.2, -0.15) is 0 Å². The van der Waals surface area contributed by atoms with Gasteiger partial charge in [-0.05, 0) is 19.1 Å². The summed E-state index contributed by atoms with van der Waals surface area (Å²) in [5.74, 6) is 0.336. The number of nitrogens with zero attached hydrogens (tertiary/aromatic N) is 1. The molecule has 0 unspecified atom stereocenters. The Hall–Kier alpha value is -1.62. The number of rotatable bonds is 4. The van der Waals surface area contributed by atoms with Gasteiger partial charge in [0.1, 0.15) is 16.6 Å². The van der Waals surface area contributed by atoms with Gasteiger partial charge < -0.3 is 10.1 Å². The monoisotopic (exact) mass is 252 g/mol. The van der Waals surface area contributed by atoms with E-state index in [9.17, 15) is 4.39 Å². The van der Waals surface area contributed by atoms with E-state index in [2.05, 4.69) is 10.3 Å². The quantitative estimate of drug-likeness (QED) is 0.907. The summed E-state index contributed by atoms with van der Waals surface area (Å²) in [6, 6.07) is 4.39. The van der Waals surface area contributed by atoms with Crippen molar-refractivity contribution < 1.29 is 9.13 Å². The molecule has 3 nitrogen and oxygen atoms in total. The second-order valence-electron chi connectivity index (χ2n) is 3.58. The van der Waals surface area contributed by atoms with Crippen molar-refractivity contribution in [2.45, 2.75) is 13.5 Å². The molecule has 0 bridgehead atoms. The lowest BCUT2D eigenvalue weighted by molar-refractivity contribution is 0.415. The van der Waals surface area contributed by atoms with Gasteiger partial charge in [0.15, 0.2) is 0 Å². The second-order valence-corrected chi connectivity index (χ2v) is 4.52. The number of hydrogen-bond donors (Lipinski definition) is 1. The number of aryl methyl sites for hydroxylation is 1. The Balaban J connectivity index is 2.10. The largest absolute Gasteiger partial charge is 0.495 e. The minimum atomic E-state index is -0.288. The van der Waals surface area contributed by atoms with Crippen molar-refractivity contribution in [3.63, 3.8) is 0 Å². The molecule has 1 aromatic heterocycles. The van der Waals surface area contributed by atoms with Crippen LogP contribution in [0, 0.1) is 12.7 Å². The predicted molar refractivity (Wildman–Crippen MR) is 67.1 cm³/mol. The Kier molecular flexibility index (Phi) is 3.58. The molecule has 0 atom stereocenters. The average Bonchev–Trinajstić information content (AvgIpc) is 2.73. The number of ether oxygens (including phenoxy) is 1. The zero-order chi connectivity index (χ0) is 12.3. The van der Waals surface area contributed by atoms with Gasteiger partial charge >= 0.3 is 0 Å². The first-order chi connectivity index (χ1) is 8.19. The molecule has 2 aromatic rings. The van der Waals surface area contributed by atoms with Gasteiger partial charge in [-0.1, -0.05) is 0 Å². The Bertz CT molecular complexity index is 513. The number of nitrogens with one attached hydrogen (secondary N) is 1. The van der Waals surface area contributed by atoms with E-state index in [1.54, 1.807) is 24.5 Å². The molecule has 1 heterocycles. The fourth-order valence-corrected chi connectivity index (χ4v) is 2.18. The minimum absolute atomic E-state index is 0.288. The van der Waals surface area contributed by atoms with E-state index < -0.39 is 0 Å². The number of thiazole rings is 1. The van der Waals surface area contributed by atoms with Crippen LogP contribution in [0.3, 0.4) is 0 Å². The summed E-state index contributed by atoms with van der Waals surface area (Å²) in [6.07, 6.45) is 0. The molecule has 0 amide bonds. The molecular formula is C12H13FN2OS. The molecule has 0 aliphatic heterocycles. The summed E-state index contributed by atoms with van der Waals surface area (Å²) in [6.45, 7) is 2.51. The lowest BCUT2D eigenvalue weighted by atomic mass is 10.3. The van der Waals surface area contributed by atoms with Crippen LogP contribution in [-0.4, -0.2) is 12.1 Å². The Labute approximate surface area is 103 Å². The molecule has 0 saturated heterocycles. The highest BCUT2D eigenvalue weighted by molar-refractivity contribution is 7.09. The highest BCUT2D eigenvalue weighted by Crippen LogP contribution is 2.25. The maximum Gasteiger partial charge on any atom is 0.142 e. The lowest BCUT2D eigenvalue weighted by Gasteiger charge is -2.09. The van der Waals surface area contributed by atoms with Crippen LogP contribution in [0.15, 0.2) is 23.6 Å². The normalized spacial score (nSPS) is 10.3. The van der Waals surface area contributed by atoms with Crippen LogP contribution in [-0.2, 0) is 6.54 Å². The molecular weight excluding hydrogens is 239 g/mol. The van der Waals surface area contributed by atoms with E-state index in [1.807, 2.05) is 12.3 Å². The summed E-state index contributed by atoms with van der Waals surface area (Å²) in [5, 5.41) is 6.07. The minimum Gasteiger partial charge on any atom is -0.495 e. The molecule has 0 saturated carbocycles. The first kappa shape index (κ1) is 11.9. The van der Waals surface area contributed by atoms with Crippen LogP contribution in [0.2, 0.25) is 0 Å². The maximum absolute atomic E-state index is 13.1. The fourth-order valence-electron chi connectivity index (χ4n) is 1.47. The molecule has 1 N–H and O–H groups in total. The van der Waals surface area contributed by atoms with Crippen molar-refractivity contribution in [2.75, 3.05) is 12.4 Å². The summed E-state index contributed by atoms with van der Waals surface area (Å²) in [7, 11) is 1.56. The molecule has 17 heavy (non-hydrogen) atoms. The molecule has 0 aliphatic carbocycles. The van der Waals surface area contributed by atoms with Gasteiger partial charge in [0.05, 0.1) is 19.3 Å². The van der Waals surface area contributed by atoms with E-state index >= 15 is 0 Å². The molecule has 5 heteroatoms. The highest BCUT2D eigenvalue weighted by atomic mass is 32.1. The first-order valence-electron chi connectivity index (χ1n) is 5.17. The van der Waals surface area contributed by atoms with Gasteiger partial charge in [0, 0.05) is 17.1 Å². The van der Waals surface area contributed by atoms with Crippen LogP contribution in [0.4, 0.5) is 10.1 Å². The van der Waals surface area contributed by atoms with Crippen molar-refractivity contribution in [1.29, 1.82) is 0 Å². The zero-order valence-electron chi connectivity index (χ0n) is 9.66. The first-order valence-corrected chi connectivity index (χ1v) is 6.05. The Morgan fingerprint density at radius 1 is 1.47 bits per heavy atom. The van der Waals surface area contributed by atoms with E-state index in [1.165, 1.54) is 12.1 Å². The summed E-state index contributed by atoms with van der Waals surface area (Å²) in [4.78, 5) is 4.33. The van der Waals surface area contributed by atoms with Crippen molar-refractivity contribution in [2.24, 2.45) is 0 Å². The van der Waals surface area contributed by atoms with E-state index in [0.717, 1.165) is 10.7 Å². The average molecular weight is 252 g/mol. The van der Waals surface area contributed by atoms with Gasteiger partial charge in [-0.15, -0.1) is 11.3 Å². The van der Waals surface area contributed by atoms with Crippen molar-refractivity contribution in [3.8, 4) is 5.75 Å². The molecule has 0 spiro atoms. The van der Waals surface area contributed by atoms with E-state index in [0.29, 0.717) is 18.0 Å². The number of halogens is 1. The Morgan fingerprint density at radius 2 is 2.29 bits per heavy atom. The van der Waals surface area contributed by atoms with Crippen molar-refractivity contribution in [3.05, 3.63) is 40.1 Å². The summed E-state index contributed by atoms with van der Waals surface area (Å²) in [5.41, 5.74) is 1.64. The molecule has 0 fully saturated rings. The topological polar surface area (TPSA) is 34.1 Å². The zero-order valence-corrected chi connectivity index (χ0v) is 10.5. The molecule has 1 aromatic carbocycles. The van der Waals surface area contributed by atoms with Crippen molar-refractivity contribution >= 4 is 17.0 Å². The van der Waals surface area contributed by atoms with Crippen molar-refractivity contribution in [1.82, 2.24) is 4.98 Å². The molecule has 2 rings (SSSR count). The lowest BCUT2D eigenvalue weighted by Crippen LogP contribution is -2.01. The summed E-state index contributed by atoms with van der Waals surface area (Å²) < 4.78 is 18.3. The van der Waals surface area contributed by atoms with Gasteiger partial charge in [-0.25, -0.2) is 9.37 Å². The van der Waals surface area contributed by atoms with E-state index in [-0.39, 0.29) is 5.82 Å². The van der Waals surface area contributed by atoms with Crippen LogP contribution in [0.5, 0.6) is 5.75 Å².